The van der Waals surface area contributed by atoms with Crippen molar-refractivity contribution in [2.45, 2.75) is 6.42 Å². The standard InChI is InChI=1S/C10H10ClN3OS/c11-8-2-1-7(16-8)3-4-12-9-10(15)14-6-5-13-9/h1-2,5-6H,3-4H2,(H,12,13)(H,14,15). The maximum atomic E-state index is 11.3. The fraction of sp³-hybridized carbons (Fsp3) is 0.200. The second-order valence-corrected chi connectivity index (χ2v) is 4.95. The summed E-state index contributed by atoms with van der Waals surface area (Å²) in [6, 6.07) is 3.85. The van der Waals surface area contributed by atoms with Crippen LogP contribution in [0.1, 0.15) is 4.88 Å². The molecule has 2 aromatic rings. The second kappa shape index (κ2) is 5.14. The number of halogens is 1. The Morgan fingerprint density at radius 2 is 2.38 bits per heavy atom. The van der Waals surface area contributed by atoms with Gasteiger partial charge in [-0.2, -0.15) is 0 Å². The summed E-state index contributed by atoms with van der Waals surface area (Å²) in [5.74, 6) is 0.352. The molecule has 2 heterocycles. The van der Waals surface area contributed by atoms with Crippen molar-refractivity contribution in [1.82, 2.24) is 9.97 Å². The summed E-state index contributed by atoms with van der Waals surface area (Å²) < 4.78 is 0.783. The molecule has 0 aromatic carbocycles. The van der Waals surface area contributed by atoms with E-state index in [9.17, 15) is 4.79 Å². The Morgan fingerprint density at radius 3 is 3.06 bits per heavy atom. The summed E-state index contributed by atoms with van der Waals surface area (Å²) in [6.45, 7) is 0.664. The first kappa shape index (κ1) is 11.2. The van der Waals surface area contributed by atoms with Gasteiger partial charge >= 0.3 is 0 Å². The number of thiophene rings is 1. The minimum atomic E-state index is -0.202. The van der Waals surface area contributed by atoms with Crippen LogP contribution in [0.4, 0.5) is 5.82 Å². The highest BCUT2D eigenvalue weighted by Crippen LogP contribution is 2.21. The molecule has 0 saturated carbocycles. The van der Waals surface area contributed by atoms with Gasteiger partial charge in [-0.3, -0.25) is 4.79 Å². The fourth-order valence-corrected chi connectivity index (χ4v) is 2.35. The molecule has 0 amide bonds. The van der Waals surface area contributed by atoms with Crippen LogP contribution in [0.5, 0.6) is 0 Å². The van der Waals surface area contributed by atoms with Gasteiger partial charge < -0.3 is 10.3 Å². The van der Waals surface area contributed by atoms with E-state index < -0.39 is 0 Å². The Bertz CT molecular complexity index is 523. The summed E-state index contributed by atoms with van der Waals surface area (Å²) >= 11 is 7.36. The molecule has 0 saturated heterocycles. The first-order chi connectivity index (χ1) is 7.75. The number of aromatic amines is 1. The van der Waals surface area contributed by atoms with Crippen molar-refractivity contribution in [3.8, 4) is 0 Å². The molecule has 0 aliphatic rings. The van der Waals surface area contributed by atoms with Gasteiger partial charge in [0.2, 0.25) is 0 Å². The molecule has 0 aliphatic carbocycles. The largest absolute Gasteiger partial charge is 0.365 e. The smallest absolute Gasteiger partial charge is 0.290 e. The zero-order valence-electron chi connectivity index (χ0n) is 8.37. The molecule has 2 aromatic heterocycles. The Hall–Kier alpha value is -1.33. The van der Waals surface area contributed by atoms with Gasteiger partial charge in [0.25, 0.3) is 5.56 Å². The van der Waals surface area contributed by atoms with Crippen LogP contribution in [-0.2, 0) is 6.42 Å². The predicted molar refractivity (Wildman–Crippen MR) is 66.4 cm³/mol. The lowest BCUT2D eigenvalue weighted by atomic mass is 10.3. The van der Waals surface area contributed by atoms with Gasteiger partial charge in [0.1, 0.15) is 0 Å². The number of rotatable bonds is 4. The maximum absolute atomic E-state index is 11.3. The average molecular weight is 256 g/mol. The van der Waals surface area contributed by atoms with Crippen LogP contribution in [-0.4, -0.2) is 16.5 Å². The van der Waals surface area contributed by atoms with E-state index in [1.165, 1.54) is 11.1 Å². The molecule has 16 heavy (non-hydrogen) atoms. The highest BCUT2D eigenvalue weighted by molar-refractivity contribution is 7.16. The van der Waals surface area contributed by atoms with Gasteiger partial charge in [-0.15, -0.1) is 11.3 Å². The Kier molecular flexibility index (Phi) is 3.58. The normalized spacial score (nSPS) is 10.3. The van der Waals surface area contributed by atoms with Crippen LogP contribution >= 0.6 is 22.9 Å². The number of anilines is 1. The van der Waals surface area contributed by atoms with Crippen LogP contribution in [0, 0.1) is 0 Å². The minimum Gasteiger partial charge on any atom is -0.365 e. The first-order valence-corrected chi connectivity index (χ1v) is 5.97. The van der Waals surface area contributed by atoms with Crippen LogP contribution < -0.4 is 10.9 Å². The van der Waals surface area contributed by atoms with Crippen molar-refractivity contribution in [3.63, 3.8) is 0 Å². The summed E-state index contributed by atoms with van der Waals surface area (Å²) in [7, 11) is 0. The summed E-state index contributed by atoms with van der Waals surface area (Å²) in [4.78, 5) is 18.9. The lowest BCUT2D eigenvalue weighted by Gasteiger charge is -2.02. The summed E-state index contributed by atoms with van der Waals surface area (Å²) in [5, 5.41) is 2.98. The van der Waals surface area contributed by atoms with Crippen molar-refractivity contribution >= 4 is 28.8 Å². The molecular weight excluding hydrogens is 246 g/mol. The van der Waals surface area contributed by atoms with Gasteiger partial charge in [-0.1, -0.05) is 11.6 Å². The van der Waals surface area contributed by atoms with Crippen LogP contribution in [0.3, 0.4) is 0 Å². The van der Waals surface area contributed by atoms with E-state index in [4.69, 9.17) is 11.6 Å². The average Bonchev–Trinajstić information content (AvgIpc) is 2.67. The van der Waals surface area contributed by atoms with Crippen LogP contribution in [0.25, 0.3) is 0 Å². The van der Waals surface area contributed by atoms with E-state index in [1.54, 1.807) is 17.5 Å². The maximum Gasteiger partial charge on any atom is 0.290 e. The van der Waals surface area contributed by atoms with Crippen molar-refractivity contribution < 1.29 is 0 Å². The topological polar surface area (TPSA) is 57.8 Å². The summed E-state index contributed by atoms with van der Waals surface area (Å²) in [5.41, 5.74) is -0.202. The molecule has 2 rings (SSSR count). The minimum absolute atomic E-state index is 0.202. The highest BCUT2D eigenvalue weighted by Gasteiger charge is 2.00. The Morgan fingerprint density at radius 1 is 1.50 bits per heavy atom. The molecule has 0 bridgehead atoms. The number of nitrogens with one attached hydrogen (secondary N) is 2. The van der Waals surface area contributed by atoms with E-state index in [-0.39, 0.29) is 5.56 Å². The lowest BCUT2D eigenvalue weighted by molar-refractivity contribution is 1.01. The number of nitrogens with zero attached hydrogens (tertiary/aromatic N) is 1. The Balaban J connectivity index is 1.89. The monoisotopic (exact) mass is 255 g/mol. The molecule has 0 atom stereocenters. The number of hydrogen-bond donors (Lipinski definition) is 2. The molecule has 0 fully saturated rings. The third-order valence-electron chi connectivity index (χ3n) is 2.00. The zero-order valence-corrected chi connectivity index (χ0v) is 9.94. The predicted octanol–water partition coefficient (Wildman–Crippen LogP) is 2.14. The highest BCUT2D eigenvalue weighted by atomic mass is 35.5. The van der Waals surface area contributed by atoms with E-state index in [2.05, 4.69) is 15.3 Å². The number of H-pyrrole nitrogens is 1. The third-order valence-corrected chi connectivity index (χ3v) is 3.29. The Labute approximate surface area is 101 Å². The molecule has 0 unspecified atom stereocenters. The quantitative estimate of drug-likeness (QED) is 0.880. The molecule has 0 spiro atoms. The van der Waals surface area contributed by atoms with E-state index >= 15 is 0 Å². The SMILES string of the molecule is O=c1[nH]ccnc1NCCc1ccc(Cl)s1. The first-order valence-electron chi connectivity index (χ1n) is 4.77. The van der Waals surface area contributed by atoms with E-state index in [0.717, 1.165) is 10.8 Å². The molecular formula is C10H10ClN3OS. The molecule has 84 valence electrons. The second-order valence-electron chi connectivity index (χ2n) is 3.15. The van der Waals surface area contributed by atoms with E-state index in [1.807, 2.05) is 12.1 Å². The van der Waals surface area contributed by atoms with E-state index in [0.29, 0.717) is 12.4 Å². The fourth-order valence-electron chi connectivity index (χ4n) is 1.27. The lowest BCUT2D eigenvalue weighted by Crippen LogP contribution is -2.16. The molecule has 0 aliphatic heterocycles. The van der Waals surface area contributed by atoms with Gasteiger partial charge in [0.05, 0.1) is 4.34 Å². The molecule has 0 radical (unpaired) electrons. The van der Waals surface area contributed by atoms with Gasteiger partial charge in [0, 0.05) is 23.8 Å². The summed E-state index contributed by atoms with van der Waals surface area (Å²) in [6.07, 6.45) is 3.88. The van der Waals surface area contributed by atoms with Crippen molar-refractivity contribution in [3.05, 3.63) is 44.1 Å². The molecule has 2 N–H and O–H groups in total. The van der Waals surface area contributed by atoms with Crippen molar-refractivity contribution in [1.29, 1.82) is 0 Å². The number of hydrogen-bond acceptors (Lipinski definition) is 4. The number of aromatic nitrogens is 2. The van der Waals surface area contributed by atoms with Crippen LogP contribution in [0.15, 0.2) is 29.3 Å². The third kappa shape index (κ3) is 2.84. The zero-order chi connectivity index (χ0) is 11.4. The van der Waals surface area contributed by atoms with Crippen molar-refractivity contribution in [2.75, 3.05) is 11.9 Å². The van der Waals surface area contributed by atoms with Gasteiger partial charge in [-0.05, 0) is 18.6 Å². The van der Waals surface area contributed by atoms with Gasteiger partial charge in [-0.25, -0.2) is 4.98 Å². The van der Waals surface area contributed by atoms with Crippen molar-refractivity contribution in [2.24, 2.45) is 0 Å². The molecule has 6 heteroatoms. The molecule has 4 nitrogen and oxygen atoms in total. The van der Waals surface area contributed by atoms with Crippen LogP contribution in [0.2, 0.25) is 4.34 Å². The van der Waals surface area contributed by atoms with Gasteiger partial charge in [0.15, 0.2) is 5.82 Å².